The predicted molar refractivity (Wildman–Crippen MR) is 49.8 cm³/mol. The van der Waals surface area contributed by atoms with Gasteiger partial charge in [-0.1, -0.05) is 6.42 Å². The topological polar surface area (TPSA) is 46.5 Å². The number of hydrogen-bond donors (Lipinski definition) is 1. The molecule has 3 fully saturated rings. The Labute approximate surface area is 83.4 Å². The van der Waals surface area contributed by atoms with Crippen LogP contribution in [0.3, 0.4) is 0 Å². The lowest BCUT2D eigenvalue weighted by molar-refractivity contribution is -0.179. The standard InChI is InChI=1S/C11H16O3/c12-10(13)8-4-9(8)11(5-14-6-11)7-2-1-3-7/h7-9H,1-6H2,(H,12,13). The van der Waals surface area contributed by atoms with Gasteiger partial charge in [0.05, 0.1) is 19.1 Å². The maximum absolute atomic E-state index is 10.8. The van der Waals surface area contributed by atoms with Gasteiger partial charge in [0.2, 0.25) is 0 Å². The molecule has 3 nitrogen and oxygen atoms in total. The third-order valence-corrected chi connectivity index (χ3v) is 4.51. The van der Waals surface area contributed by atoms with E-state index in [0.717, 1.165) is 25.6 Å². The molecule has 1 saturated heterocycles. The van der Waals surface area contributed by atoms with Crippen molar-refractivity contribution < 1.29 is 14.6 Å². The fourth-order valence-electron chi connectivity index (χ4n) is 3.18. The minimum Gasteiger partial charge on any atom is -0.481 e. The molecule has 3 aliphatic rings. The molecule has 78 valence electrons. The molecule has 0 spiro atoms. The van der Waals surface area contributed by atoms with Crippen molar-refractivity contribution in [3.05, 3.63) is 0 Å². The Kier molecular flexibility index (Phi) is 1.69. The summed E-state index contributed by atoms with van der Waals surface area (Å²) in [6.07, 6.45) is 4.82. The number of ether oxygens (including phenoxy) is 1. The number of carboxylic acids is 1. The summed E-state index contributed by atoms with van der Waals surface area (Å²) in [4.78, 5) is 10.8. The maximum atomic E-state index is 10.8. The first kappa shape index (κ1) is 8.72. The lowest BCUT2D eigenvalue weighted by atomic mass is 9.61. The van der Waals surface area contributed by atoms with Crippen LogP contribution in [0.4, 0.5) is 0 Å². The van der Waals surface area contributed by atoms with Crippen molar-refractivity contribution in [2.75, 3.05) is 13.2 Å². The summed E-state index contributed by atoms with van der Waals surface area (Å²) < 4.78 is 5.33. The summed E-state index contributed by atoms with van der Waals surface area (Å²) in [5.74, 6) is 0.546. The third kappa shape index (κ3) is 0.991. The fourth-order valence-corrected chi connectivity index (χ4v) is 3.18. The van der Waals surface area contributed by atoms with Gasteiger partial charge in [0.1, 0.15) is 0 Å². The highest BCUT2D eigenvalue weighted by molar-refractivity contribution is 5.73. The molecule has 0 radical (unpaired) electrons. The van der Waals surface area contributed by atoms with Gasteiger partial charge < -0.3 is 9.84 Å². The highest BCUT2D eigenvalue weighted by Crippen LogP contribution is 2.61. The van der Waals surface area contributed by atoms with Crippen LogP contribution in [0, 0.1) is 23.2 Å². The van der Waals surface area contributed by atoms with Crippen molar-refractivity contribution >= 4 is 5.97 Å². The lowest BCUT2D eigenvalue weighted by Crippen LogP contribution is -2.52. The van der Waals surface area contributed by atoms with Crippen molar-refractivity contribution in [1.29, 1.82) is 0 Å². The molecule has 2 atom stereocenters. The zero-order chi connectivity index (χ0) is 9.76. The van der Waals surface area contributed by atoms with E-state index >= 15 is 0 Å². The molecule has 0 aromatic carbocycles. The molecule has 14 heavy (non-hydrogen) atoms. The van der Waals surface area contributed by atoms with Gasteiger partial charge in [-0.3, -0.25) is 4.79 Å². The molecular formula is C11H16O3. The molecule has 3 heteroatoms. The third-order valence-electron chi connectivity index (χ3n) is 4.51. The van der Waals surface area contributed by atoms with Crippen LogP contribution in [0.1, 0.15) is 25.7 Å². The normalized spacial score (nSPS) is 39.7. The van der Waals surface area contributed by atoms with E-state index in [2.05, 4.69) is 0 Å². The molecule has 1 aliphatic heterocycles. The smallest absolute Gasteiger partial charge is 0.306 e. The Balaban J connectivity index is 1.72. The van der Waals surface area contributed by atoms with Gasteiger partial charge in [0, 0.05) is 5.41 Å². The second kappa shape index (κ2) is 2.72. The number of rotatable bonds is 3. The number of hydrogen-bond acceptors (Lipinski definition) is 2. The Bertz CT molecular complexity index is 266. The summed E-state index contributed by atoms with van der Waals surface area (Å²) in [7, 11) is 0. The largest absolute Gasteiger partial charge is 0.481 e. The van der Waals surface area contributed by atoms with Crippen molar-refractivity contribution in [3.8, 4) is 0 Å². The highest BCUT2D eigenvalue weighted by Gasteiger charge is 2.62. The van der Waals surface area contributed by atoms with Gasteiger partial charge in [-0.2, -0.15) is 0 Å². The van der Waals surface area contributed by atoms with Crippen LogP contribution in [-0.4, -0.2) is 24.3 Å². The summed E-state index contributed by atoms with van der Waals surface area (Å²) in [5, 5.41) is 8.94. The lowest BCUT2D eigenvalue weighted by Gasteiger charge is -2.51. The van der Waals surface area contributed by atoms with E-state index in [4.69, 9.17) is 9.84 Å². The van der Waals surface area contributed by atoms with Gasteiger partial charge in [-0.05, 0) is 31.1 Å². The molecule has 2 unspecified atom stereocenters. The zero-order valence-corrected chi connectivity index (χ0v) is 8.24. The first-order valence-electron chi connectivity index (χ1n) is 5.54. The summed E-state index contributed by atoms with van der Waals surface area (Å²) in [6.45, 7) is 1.65. The quantitative estimate of drug-likeness (QED) is 0.744. The number of carbonyl (C=O) groups is 1. The monoisotopic (exact) mass is 196 g/mol. The average molecular weight is 196 g/mol. The van der Waals surface area contributed by atoms with Crippen LogP contribution in [0.2, 0.25) is 0 Å². The average Bonchev–Trinajstić information content (AvgIpc) is 2.70. The fraction of sp³-hybridized carbons (Fsp3) is 0.909. The van der Waals surface area contributed by atoms with Crippen LogP contribution in [0.5, 0.6) is 0 Å². The molecule has 0 amide bonds. The molecule has 0 aromatic heterocycles. The van der Waals surface area contributed by atoms with Crippen LogP contribution < -0.4 is 0 Å². The highest BCUT2D eigenvalue weighted by atomic mass is 16.5. The minimum absolute atomic E-state index is 0.0560. The maximum Gasteiger partial charge on any atom is 0.306 e. The second-order valence-corrected chi connectivity index (χ2v) is 5.14. The molecule has 1 heterocycles. The van der Waals surface area contributed by atoms with Crippen LogP contribution in [0.25, 0.3) is 0 Å². The molecule has 2 aliphatic carbocycles. The Morgan fingerprint density at radius 3 is 2.36 bits per heavy atom. The predicted octanol–water partition coefficient (Wildman–Crippen LogP) is 1.52. The van der Waals surface area contributed by atoms with Gasteiger partial charge in [-0.15, -0.1) is 0 Å². The summed E-state index contributed by atoms with van der Waals surface area (Å²) >= 11 is 0. The molecule has 2 saturated carbocycles. The number of carboxylic acid groups (broad SMARTS) is 1. The van der Waals surface area contributed by atoms with Crippen molar-refractivity contribution in [1.82, 2.24) is 0 Å². The second-order valence-electron chi connectivity index (χ2n) is 5.14. The van der Waals surface area contributed by atoms with E-state index in [1.807, 2.05) is 0 Å². The first-order valence-corrected chi connectivity index (χ1v) is 5.54. The minimum atomic E-state index is -0.597. The number of aliphatic carboxylic acids is 1. The summed E-state index contributed by atoms with van der Waals surface area (Å²) in [6, 6.07) is 0. The summed E-state index contributed by atoms with van der Waals surface area (Å²) in [5.41, 5.74) is 0.279. The molecule has 0 bridgehead atoms. The van der Waals surface area contributed by atoms with Crippen LogP contribution in [0.15, 0.2) is 0 Å². The van der Waals surface area contributed by atoms with Crippen molar-refractivity contribution in [3.63, 3.8) is 0 Å². The van der Waals surface area contributed by atoms with Gasteiger partial charge in [0.25, 0.3) is 0 Å². The van der Waals surface area contributed by atoms with E-state index in [0.29, 0.717) is 5.92 Å². The molecular weight excluding hydrogens is 180 g/mol. The SMILES string of the molecule is O=C(O)C1CC1C1(C2CCC2)COC1. The van der Waals surface area contributed by atoms with Gasteiger partial charge in [0.15, 0.2) is 0 Å². The van der Waals surface area contributed by atoms with E-state index in [1.54, 1.807) is 0 Å². The molecule has 0 aromatic rings. The zero-order valence-electron chi connectivity index (χ0n) is 8.24. The van der Waals surface area contributed by atoms with E-state index in [9.17, 15) is 4.79 Å². The Morgan fingerprint density at radius 2 is 2.07 bits per heavy atom. The molecule has 3 rings (SSSR count). The first-order chi connectivity index (χ1) is 6.74. The van der Waals surface area contributed by atoms with Crippen LogP contribution >= 0.6 is 0 Å². The van der Waals surface area contributed by atoms with Crippen LogP contribution in [-0.2, 0) is 9.53 Å². The van der Waals surface area contributed by atoms with Crippen molar-refractivity contribution in [2.24, 2.45) is 23.2 Å². The van der Waals surface area contributed by atoms with Gasteiger partial charge in [-0.25, -0.2) is 0 Å². The van der Waals surface area contributed by atoms with Gasteiger partial charge >= 0.3 is 5.97 Å². The van der Waals surface area contributed by atoms with E-state index in [1.165, 1.54) is 19.3 Å². The Hall–Kier alpha value is -0.570. The van der Waals surface area contributed by atoms with E-state index < -0.39 is 5.97 Å². The van der Waals surface area contributed by atoms with E-state index in [-0.39, 0.29) is 11.3 Å². The molecule has 1 N–H and O–H groups in total. The van der Waals surface area contributed by atoms with Crippen molar-refractivity contribution in [2.45, 2.75) is 25.7 Å². The Morgan fingerprint density at radius 1 is 1.36 bits per heavy atom.